The average Bonchev–Trinajstić information content (AvgIpc) is 2.34. The molecule has 0 bridgehead atoms. The van der Waals surface area contributed by atoms with Gasteiger partial charge in [0.25, 0.3) is 5.91 Å². The smallest absolute Gasteiger partial charge is 0.255 e. The van der Waals surface area contributed by atoms with Crippen molar-refractivity contribution in [2.45, 2.75) is 18.9 Å². The number of β-amino-alcohol motifs (C(OH)–C–C–N with tert-alkyl or cyclic N) is 1. The number of aromatic nitrogens is 1. The van der Waals surface area contributed by atoms with Gasteiger partial charge in [-0.1, -0.05) is 6.92 Å². The largest absolute Gasteiger partial charge is 0.481 e. The number of carbonyl (C=O) groups excluding carboxylic acids is 1. The second-order valence-electron chi connectivity index (χ2n) is 4.33. The summed E-state index contributed by atoms with van der Waals surface area (Å²) in [6.45, 7) is 2.71. The van der Waals surface area contributed by atoms with Crippen LogP contribution in [0.15, 0.2) is 18.3 Å². The lowest BCUT2D eigenvalue weighted by atomic mass is 9.91. The third-order valence-electron chi connectivity index (χ3n) is 3.11. The Labute approximate surface area is 100 Å². The van der Waals surface area contributed by atoms with Gasteiger partial charge in [-0.3, -0.25) is 4.79 Å². The van der Waals surface area contributed by atoms with E-state index in [4.69, 9.17) is 4.74 Å². The normalized spacial score (nSPS) is 17.5. The number of amides is 1. The van der Waals surface area contributed by atoms with Gasteiger partial charge >= 0.3 is 0 Å². The van der Waals surface area contributed by atoms with Gasteiger partial charge in [-0.2, -0.15) is 0 Å². The fraction of sp³-hybridized carbons (Fsp3) is 0.500. The minimum atomic E-state index is -0.699. The number of pyridine rings is 1. The number of likely N-dealkylation sites (tertiary alicyclic amines) is 1. The highest BCUT2D eigenvalue weighted by atomic mass is 16.5. The van der Waals surface area contributed by atoms with Crippen LogP contribution in [0.25, 0.3) is 0 Å². The van der Waals surface area contributed by atoms with Crippen LogP contribution in [0.3, 0.4) is 0 Å². The molecular weight excluding hydrogens is 220 g/mol. The Morgan fingerprint density at radius 2 is 2.29 bits per heavy atom. The Balaban J connectivity index is 2.01. The first kappa shape index (κ1) is 11.9. The first-order valence-corrected chi connectivity index (χ1v) is 5.60. The van der Waals surface area contributed by atoms with E-state index in [1.54, 1.807) is 17.0 Å². The van der Waals surface area contributed by atoms with Gasteiger partial charge in [0, 0.05) is 12.3 Å². The Kier molecular flexibility index (Phi) is 3.02. The van der Waals surface area contributed by atoms with Crippen molar-refractivity contribution in [3.63, 3.8) is 0 Å². The zero-order chi connectivity index (χ0) is 12.5. The van der Waals surface area contributed by atoms with Crippen molar-refractivity contribution >= 4 is 5.91 Å². The fourth-order valence-electron chi connectivity index (χ4n) is 1.84. The second-order valence-corrected chi connectivity index (χ2v) is 4.33. The first-order chi connectivity index (χ1) is 8.08. The van der Waals surface area contributed by atoms with Crippen molar-refractivity contribution < 1.29 is 14.6 Å². The molecule has 1 aliphatic heterocycles. The van der Waals surface area contributed by atoms with Crippen molar-refractivity contribution in [1.29, 1.82) is 0 Å². The van der Waals surface area contributed by atoms with Crippen molar-refractivity contribution in [2.75, 3.05) is 20.2 Å². The lowest BCUT2D eigenvalue weighted by Crippen LogP contribution is -2.63. The summed E-state index contributed by atoms with van der Waals surface area (Å²) < 4.78 is 4.92. The molecule has 5 heteroatoms. The van der Waals surface area contributed by atoms with E-state index in [1.807, 2.05) is 6.92 Å². The quantitative estimate of drug-likeness (QED) is 0.838. The lowest BCUT2D eigenvalue weighted by Gasteiger charge is -2.46. The molecule has 0 aliphatic carbocycles. The minimum Gasteiger partial charge on any atom is -0.481 e. The van der Waals surface area contributed by atoms with Gasteiger partial charge in [-0.15, -0.1) is 0 Å². The minimum absolute atomic E-state index is 0.0988. The lowest BCUT2D eigenvalue weighted by molar-refractivity contribution is -0.0826. The molecule has 17 heavy (non-hydrogen) atoms. The number of hydrogen-bond acceptors (Lipinski definition) is 4. The van der Waals surface area contributed by atoms with E-state index in [9.17, 15) is 9.90 Å². The van der Waals surface area contributed by atoms with Gasteiger partial charge in [0.2, 0.25) is 5.88 Å². The number of rotatable bonds is 3. The molecule has 1 fully saturated rings. The highest BCUT2D eigenvalue weighted by Gasteiger charge is 2.42. The summed E-state index contributed by atoms with van der Waals surface area (Å²) in [6, 6.07) is 3.33. The van der Waals surface area contributed by atoms with Crippen LogP contribution in [0.1, 0.15) is 23.7 Å². The molecule has 1 saturated heterocycles. The van der Waals surface area contributed by atoms with Crippen molar-refractivity contribution in [3.05, 3.63) is 23.9 Å². The molecule has 2 heterocycles. The maximum atomic E-state index is 12.0. The van der Waals surface area contributed by atoms with Gasteiger partial charge in [-0.05, 0) is 12.5 Å². The summed E-state index contributed by atoms with van der Waals surface area (Å²) >= 11 is 0. The van der Waals surface area contributed by atoms with Gasteiger partial charge in [0.1, 0.15) is 0 Å². The standard InChI is InChI=1S/C12H16N2O3/c1-3-12(16)7-14(8-12)11(15)9-4-5-10(17-2)13-6-9/h4-6,16H,3,7-8H2,1-2H3. The molecule has 2 rings (SSSR count). The molecule has 1 aromatic rings. The van der Waals surface area contributed by atoms with Gasteiger partial charge in [0.15, 0.2) is 0 Å². The molecular formula is C12H16N2O3. The fourth-order valence-corrected chi connectivity index (χ4v) is 1.84. The monoisotopic (exact) mass is 236 g/mol. The second kappa shape index (κ2) is 4.33. The number of aliphatic hydroxyl groups is 1. The molecule has 0 radical (unpaired) electrons. The van der Waals surface area contributed by atoms with Crippen LogP contribution in [0, 0.1) is 0 Å². The third-order valence-corrected chi connectivity index (χ3v) is 3.11. The SMILES string of the molecule is CCC1(O)CN(C(=O)c2ccc(OC)nc2)C1. The summed E-state index contributed by atoms with van der Waals surface area (Å²) in [5, 5.41) is 9.84. The summed E-state index contributed by atoms with van der Waals surface area (Å²) in [5.41, 5.74) is -0.181. The number of methoxy groups -OCH3 is 1. The third kappa shape index (κ3) is 2.24. The van der Waals surface area contributed by atoms with E-state index >= 15 is 0 Å². The molecule has 5 nitrogen and oxygen atoms in total. The summed E-state index contributed by atoms with van der Waals surface area (Å²) in [6.07, 6.45) is 2.15. The predicted octanol–water partition coefficient (Wildman–Crippen LogP) is 0.687. The Bertz CT molecular complexity index is 410. The summed E-state index contributed by atoms with van der Waals surface area (Å²) in [5.74, 6) is 0.383. The van der Waals surface area contributed by atoms with E-state index in [-0.39, 0.29) is 5.91 Å². The van der Waals surface area contributed by atoms with Crippen LogP contribution in [0.5, 0.6) is 5.88 Å². The van der Waals surface area contributed by atoms with Crippen LogP contribution in [-0.4, -0.2) is 46.7 Å². The van der Waals surface area contributed by atoms with E-state index in [0.29, 0.717) is 31.0 Å². The van der Waals surface area contributed by atoms with Crippen LogP contribution in [0.4, 0.5) is 0 Å². The zero-order valence-corrected chi connectivity index (χ0v) is 10.0. The zero-order valence-electron chi connectivity index (χ0n) is 10.0. The van der Waals surface area contributed by atoms with Crippen molar-refractivity contribution in [2.24, 2.45) is 0 Å². The summed E-state index contributed by atoms with van der Waals surface area (Å²) in [4.78, 5) is 17.6. The maximum absolute atomic E-state index is 12.0. The molecule has 1 amide bonds. The maximum Gasteiger partial charge on any atom is 0.255 e. The molecule has 1 aromatic heterocycles. The first-order valence-electron chi connectivity index (χ1n) is 5.60. The topological polar surface area (TPSA) is 62.7 Å². The summed E-state index contributed by atoms with van der Waals surface area (Å²) in [7, 11) is 1.53. The van der Waals surface area contributed by atoms with Gasteiger partial charge in [-0.25, -0.2) is 4.98 Å². The highest BCUT2D eigenvalue weighted by Crippen LogP contribution is 2.25. The van der Waals surface area contributed by atoms with Crippen LogP contribution >= 0.6 is 0 Å². The Hall–Kier alpha value is -1.62. The highest BCUT2D eigenvalue weighted by molar-refractivity contribution is 5.94. The number of hydrogen-bond donors (Lipinski definition) is 1. The van der Waals surface area contributed by atoms with Crippen LogP contribution < -0.4 is 4.74 Å². The van der Waals surface area contributed by atoms with Crippen molar-refractivity contribution in [1.82, 2.24) is 9.88 Å². The average molecular weight is 236 g/mol. The van der Waals surface area contributed by atoms with E-state index in [2.05, 4.69) is 4.98 Å². The van der Waals surface area contributed by atoms with Crippen molar-refractivity contribution in [3.8, 4) is 5.88 Å². The van der Waals surface area contributed by atoms with Crippen LogP contribution in [-0.2, 0) is 0 Å². The van der Waals surface area contributed by atoms with E-state index < -0.39 is 5.60 Å². The van der Waals surface area contributed by atoms with E-state index in [0.717, 1.165) is 0 Å². The molecule has 0 aromatic carbocycles. The van der Waals surface area contributed by atoms with Gasteiger partial charge < -0.3 is 14.7 Å². The molecule has 0 spiro atoms. The number of nitrogens with zero attached hydrogens (tertiary/aromatic N) is 2. The number of ether oxygens (including phenoxy) is 1. The Morgan fingerprint density at radius 3 is 2.76 bits per heavy atom. The van der Waals surface area contributed by atoms with Crippen LogP contribution in [0.2, 0.25) is 0 Å². The molecule has 1 N–H and O–H groups in total. The Morgan fingerprint density at radius 1 is 1.59 bits per heavy atom. The predicted molar refractivity (Wildman–Crippen MR) is 61.9 cm³/mol. The number of carbonyl (C=O) groups is 1. The van der Waals surface area contributed by atoms with E-state index in [1.165, 1.54) is 13.3 Å². The molecule has 0 saturated carbocycles. The van der Waals surface area contributed by atoms with Gasteiger partial charge in [0.05, 0.1) is 31.4 Å². The molecule has 92 valence electrons. The molecule has 0 atom stereocenters. The molecule has 1 aliphatic rings. The molecule has 0 unspecified atom stereocenters.